The molecule has 19 heavy (non-hydrogen) atoms. The molecule has 2 rings (SSSR count). The maximum absolute atomic E-state index is 11.8. The largest absolute Gasteiger partial charge is 0.346 e. The van der Waals surface area contributed by atoms with Crippen LogP contribution < -0.4 is 5.32 Å². The summed E-state index contributed by atoms with van der Waals surface area (Å²) in [5.74, 6) is -0.0798. The van der Waals surface area contributed by atoms with Gasteiger partial charge in [0.05, 0.1) is 6.04 Å². The van der Waals surface area contributed by atoms with E-state index in [0.29, 0.717) is 0 Å². The van der Waals surface area contributed by atoms with Gasteiger partial charge < -0.3 is 5.32 Å². The van der Waals surface area contributed by atoms with Crippen molar-refractivity contribution in [3.63, 3.8) is 0 Å². The Morgan fingerprint density at radius 3 is 2.68 bits per heavy atom. The Bertz CT molecular complexity index is 560. The highest BCUT2D eigenvalue weighted by molar-refractivity contribution is 9.10. The van der Waals surface area contributed by atoms with Crippen LogP contribution in [0.4, 0.5) is 0 Å². The van der Waals surface area contributed by atoms with Crippen LogP contribution in [0.3, 0.4) is 0 Å². The molecule has 0 unspecified atom stereocenters. The molecule has 0 fully saturated rings. The predicted octanol–water partition coefficient (Wildman–Crippen LogP) is 4.40. The fourth-order valence-corrected chi connectivity index (χ4v) is 2.52. The second-order valence-corrected chi connectivity index (χ2v) is 6.03. The average molecular weight is 336 g/mol. The van der Waals surface area contributed by atoms with E-state index < -0.39 is 0 Å². The van der Waals surface area contributed by atoms with Gasteiger partial charge in [0.2, 0.25) is 5.91 Å². The third kappa shape index (κ3) is 4.33. The van der Waals surface area contributed by atoms with Crippen LogP contribution in [0.5, 0.6) is 0 Å². The van der Waals surface area contributed by atoms with E-state index in [1.807, 2.05) is 54.8 Å². The Morgan fingerprint density at radius 1 is 1.32 bits per heavy atom. The van der Waals surface area contributed by atoms with Crippen molar-refractivity contribution in [1.29, 1.82) is 0 Å². The van der Waals surface area contributed by atoms with E-state index in [4.69, 9.17) is 0 Å². The van der Waals surface area contributed by atoms with Crippen LogP contribution in [0.1, 0.15) is 23.4 Å². The number of carbonyl (C=O) groups excluding carboxylic acids is 1. The molecule has 0 aliphatic heterocycles. The number of hydrogen-bond acceptors (Lipinski definition) is 2. The average Bonchev–Trinajstić information content (AvgIpc) is 2.90. The quantitative estimate of drug-likeness (QED) is 0.824. The lowest BCUT2D eigenvalue weighted by Crippen LogP contribution is -2.24. The van der Waals surface area contributed by atoms with Gasteiger partial charge >= 0.3 is 0 Å². The van der Waals surface area contributed by atoms with E-state index in [1.165, 1.54) is 0 Å². The topological polar surface area (TPSA) is 29.1 Å². The highest BCUT2D eigenvalue weighted by Gasteiger charge is 2.06. The summed E-state index contributed by atoms with van der Waals surface area (Å²) in [4.78, 5) is 12.9. The number of hydrogen-bond donors (Lipinski definition) is 1. The number of benzene rings is 1. The van der Waals surface area contributed by atoms with E-state index in [-0.39, 0.29) is 11.9 Å². The first-order valence-electron chi connectivity index (χ1n) is 5.93. The van der Waals surface area contributed by atoms with Gasteiger partial charge in [-0.15, -0.1) is 11.3 Å². The van der Waals surface area contributed by atoms with Crippen molar-refractivity contribution >= 4 is 39.2 Å². The lowest BCUT2D eigenvalue weighted by Gasteiger charge is -2.12. The summed E-state index contributed by atoms with van der Waals surface area (Å²) in [5, 5.41) is 4.93. The van der Waals surface area contributed by atoms with E-state index in [2.05, 4.69) is 21.2 Å². The summed E-state index contributed by atoms with van der Waals surface area (Å²) in [7, 11) is 0. The summed E-state index contributed by atoms with van der Waals surface area (Å²) in [5.41, 5.74) is 1.08. The minimum absolute atomic E-state index is 0.00594. The van der Waals surface area contributed by atoms with Crippen LogP contribution in [0.2, 0.25) is 0 Å². The molecule has 1 aromatic heterocycles. The second-order valence-electron chi connectivity index (χ2n) is 4.13. The van der Waals surface area contributed by atoms with Crippen molar-refractivity contribution < 1.29 is 4.79 Å². The summed E-state index contributed by atoms with van der Waals surface area (Å²) in [6, 6.07) is 11.9. The fourth-order valence-electron chi connectivity index (χ4n) is 1.64. The maximum Gasteiger partial charge on any atom is 0.244 e. The van der Waals surface area contributed by atoms with Crippen LogP contribution >= 0.6 is 27.3 Å². The van der Waals surface area contributed by atoms with Crippen molar-refractivity contribution in [3.8, 4) is 0 Å². The summed E-state index contributed by atoms with van der Waals surface area (Å²) < 4.78 is 1.03. The summed E-state index contributed by atoms with van der Waals surface area (Å²) >= 11 is 5.00. The first kappa shape index (κ1) is 14.0. The van der Waals surface area contributed by atoms with Crippen molar-refractivity contribution in [2.75, 3.05) is 0 Å². The molecule has 4 heteroatoms. The number of carbonyl (C=O) groups is 1. The highest BCUT2D eigenvalue weighted by atomic mass is 79.9. The van der Waals surface area contributed by atoms with Gasteiger partial charge in [-0.25, -0.2) is 0 Å². The van der Waals surface area contributed by atoms with Crippen LogP contribution in [0, 0.1) is 0 Å². The molecule has 0 saturated carbocycles. The molecule has 0 aliphatic rings. The van der Waals surface area contributed by atoms with Gasteiger partial charge in [-0.3, -0.25) is 4.79 Å². The molecule has 1 N–H and O–H groups in total. The normalized spacial score (nSPS) is 12.5. The first-order chi connectivity index (χ1) is 9.15. The number of amides is 1. The van der Waals surface area contributed by atoms with Crippen LogP contribution in [0.25, 0.3) is 6.08 Å². The van der Waals surface area contributed by atoms with Crippen LogP contribution in [-0.2, 0) is 4.79 Å². The third-order valence-electron chi connectivity index (χ3n) is 2.67. The Kier molecular flexibility index (Phi) is 4.93. The molecule has 1 amide bonds. The van der Waals surface area contributed by atoms with Crippen molar-refractivity contribution in [3.05, 3.63) is 62.8 Å². The number of nitrogens with one attached hydrogen (secondary N) is 1. The predicted molar refractivity (Wildman–Crippen MR) is 84.1 cm³/mol. The lowest BCUT2D eigenvalue weighted by atomic mass is 10.1. The zero-order chi connectivity index (χ0) is 13.7. The molecule has 1 aromatic carbocycles. The standard InChI is InChI=1S/C15H14BrNOS/c1-11(12-4-6-13(16)7-5-12)17-15(18)9-8-14-3-2-10-19-14/h2-11H,1H3,(H,17,18)/b9-8+/t11-/m1/s1. The zero-order valence-electron chi connectivity index (χ0n) is 10.5. The minimum Gasteiger partial charge on any atom is -0.346 e. The molecule has 2 aromatic rings. The van der Waals surface area contributed by atoms with Crippen LogP contribution in [0.15, 0.2) is 52.3 Å². The molecular weight excluding hydrogens is 322 g/mol. The van der Waals surface area contributed by atoms with E-state index >= 15 is 0 Å². The third-order valence-corrected chi connectivity index (χ3v) is 4.04. The molecule has 0 radical (unpaired) electrons. The fraction of sp³-hybridized carbons (Fsp3) is 0.133. The Morgan fingerprint density at radius 2 is 2.05 bits per heavy atom. The molecule has 1 atom stereocenters. The van der Waals surface area contributed by atoms with Crippen molar-refractivity contribution in [2.45, 2.75) is 13.0 Å². The van der Waals surface area contributed by atoms with Crippen molar-refractivity contribution in [1.82, 2.24) is 5.32 Å². The molecule has 98 valence electrons. The minimum atomic E-state index is -0.0798. The molecule has 0 saturated heterocycles. The summed E-state index contributed by atoms with van der Waals surface area (Å²) in [6.07, 6.45) is 3.40. The molecule has 0 aliphatic carbocycles. The zero-order valence-corrected chi connectivity index (χ0v) is 12.9. The SMILES string of the molecule is C[C@@H](NC(=O)/C=C/c1cccs1)c1ccc(Br)cc1. The molecule has 0 bridgehead atoms. The van der Waals surface area contributed by atoms with Crippen molar-refractivity contribution in [2.24, 2.45) is 0 Å². The first-order valence-corrected chi connectivity index (χ1v) is 7.60. The van der Waals surface area contributed by atoms with Gasteiger partial charge in [0.15, 0.2) is 0 Å². The van der Waals surface area contributed by atoms with Crippen LogP contribution in [-0.4, -0.2) is 5.91 Å². The Hall–Kier alpha value is -1.39. The van der Waals surface area contributed by atoms with Gasteiger partial charge in [-0.1, -0.05) is 34.1 Å². The van der Waals surface area contributed by atoms with E-state index in [1.54, 1.807) is 17.4 Å². The number of halogens is 1. The van der Waals surface area contributed by atoms with Gasteiger partial charge in [-0.2, -0.15) is 0 Å². The molecular formula is C15H14BrNOS. The van der Waals surface area contributed by atoms with Gasteiger partial charge in [0.25, 0.3) is 0 Å². The van der Waals surface area contributed by atoms with Gasteiger partial charge in [-0.05, 0) is 42.1 Å². The Labute approximate surface area is 125 Å². The summed E-state index contributed by atoms with van der Waals surface area (Å²) in [6.45, 7) is 1.97. The monoisotopic (exact) mass is 335 g/mol. The van der Waals surface area contributed by atoms with Gasteiger partial charge in [0, 0.05) is 15.4 Å². The molecule has 1 heterocycles. The highest BCUT2D eigenvalue weighted by Crippen LogP contribution is 2.16. The Balaban J connectivity index is 1.93. The van der Waals surface area contributed by atoms with E-state index in [0.717, 1.165) is 14.9 Å². The molecule has 2 nitrogen and oxygen atoms in total. The smallest absolute Gasteiger partial charge is 0.244 e. The molecule has 0 spiro atoms. The lowest BCUT2D eigenvalue weighted by molar-refractivity contribution is -0.117. The second kappa shape index (κ2) is 6.68. The van der Waals surface area contributed by atoms with Gasteiger partial charge in [0.1, 0.15) is 0 Å². The van der Waals surface area contributed by atoms with E-state index in [9.17, 15) is 4.79 Å². The number of rotatable bonds is 4. The maximum atomic E-state index is 11.8. The number of thiophene rings is 1.